The van der Waals surface area contributed by atoms with E-state index in [0.29, 0.717) is 5.56 Å². The van der Waals surface area contributed by atoms with Crippen molar-refractivity contribution in [3.8, 4) is 5.75 Å². The largest absolute Gasteiger partial charge is 0.502 e. The number of carbonyl (C=O) groups is 1. The zero-order valence-electron chi connectivity index (χ0n) is 18.1. The molecule has 1 unspecified atom stereocenters. The number of aromatic hydroxyl groups is 1. The third-order valence-corrected chi connectivity index (χ3v) is 6.42. The average Bonchev–Trinajstić information content (AvgIpc) is 2.70. The van der Waals surface area contributed by atoms with Crippen LogP contribution in [0.5, 0.6) is 5.75 Å². The molecule has 12 heteroatoms. The van der Waals surface area contributed by atoms with Gasteiger partial charge in [-0.1, -0.05) is 12.1 Å². The quantitative estimate of drug-likeness (QED) is 0.579. The molecule has 2 N–H and O–H groups in total. The van der Waals surface area contributed by atoms with Crippen LogP contribution in [-0.4, -0.2) is 71.6 Å². The summed E-state index contributed by atoms with van der Waals surface area (Å²) in [4.78, 5) is 31.3. The lowest BCUT2D eigenvalue weighted by Gasteiger charge is -2.36. The van der Waals surface area contributed by atoms with Gasteiger partial charge in [-0.15, -0.1) is 0 Å². The lowest BCUT2D eigenvalue weighted by Crippen LogP contribution is -2.49. The Hall–Kier alpha value is -2.83. The Morgan fingerprint density at radius 1 is 1.28 bits per heavy atom. The molecule has 1 aliphatic heterocycles. The van der Waals surface area contributed by atoms with Crippen LogP contribution in [0.3, 0.4) is 0 Å². The minimum Gasteiger partial charge on any atom is -0.502 e. The van der Waals surface area contributed by atoms with Crippen LogP contribution in [0.25, 0.3) is 0 Å². The Kier molecular flexibility index (Phi) is 6.96. The average molecular weight is 468 g/mol. The van der Waals surface area contributed by atoms with Crippen molar-refractivity contribution >= 4 is 15.9 Å². The highest BCUT2D eigenvalue weighted by Gasteiger charge is 2.36. The molecule has 10 nitrogen and oxygen atoms in total. The Bertz CT molecular complexity index is 1160. The molecule has 174 valence electrons. The Morgan fingerprint density at radius 3 is 2.53 bits per heavy atom. The van der Waals surface area contributed by atoms with E-state index in [4.69, 9.17) is 0 Å². The zero-order valence-corrected chi connectivity index (χ0v) is 18.9. The summed E-state index contributed by atoms with van der Waals surface area (Å²) >= 11 is 0. The van der Waals surface area contributed by atoms with E-state index in [9.17, 15) is 27.5 Å². The normalized spacial score (nSPS) is 16.7. The minimum atomic E-state index is -3.58. The van der Waals surface area contributed by atoms with E-state index >= 15 is 0 Å². The summed E-state index contributed by atoms with van der Waals surface area (Å²) in [6.07, 6.45) is 0.720. The molecular weight excluding hydrogens is 441 g/mol. The van der Waals surface area contributed by atoms with E-state index in [2.05, 4.69) is 10.3 Å². The number of likely N-dealkylation sites (N-methyl/N-ethyl adjacent to an activating group) is 1. The number of halogens is 1. The van der Waals surface area contributed by atoms with Crippen molar-refractivity contribution in [1.29, 1.82) is 0 Å². The lowest BCUT2D eigenvalue weighted by molar-refractivity contribution is -0.120. The predicted molar refractivity (Wildman–Crippen MR) is 115 cm³/mol. The SMILES string of the molecule is CN(C)CC1c2nc(CC(=O)NCc3ccc(F)cc3)c(O)c(=O)n2CCN1S(C)(=O)=O. The summed E-state index contributed by atoms with van der Waals surface area (Å²) in [6, 6.07) is 4.86. The van der Waals surface area contributed by atoms with Crippen LogP contribution in [0.15, 0.2) is 29.1 Å². The lowest BCUT2D eigenvalue weighted by atomic mass is 10.1. The number of carbonyl (C=O) groups excluding carboxylic acids is 1. The monoisotopic (exact) mass is 467 g/mol. The van der Waals surface area contributed by atoms with Crippen molar-refractivity contribution in [3.63, 3.8) is 0 Å². The number of fused-ring (bicyclic) bond motifs is 1. The van der Waals surface area contributed by atoms with Gasteiger partial charge in [0.15, 0.2) is 0 Å². The zero-order chi connectivity index (χ0) is 23.6. The van der Waals surface area contributed by atoms with Gasteiger partial charge < -0.3 is 15.3 Å². The first-order valence-electron chi connectivity index (χ1n) is 9.92. The third-order valence-electron chi connectivity index (χ3n) is 5.13. The number of nitrogens with zero attached hydrogens (tertiary/aromatic N) is 4. The summed E-state index contributed by atoms with van der Waals surface area (Å²) in [7, 11) is -0.0506. The first-order chi connectivity index (χ1) is 15.0. The van der Waals surface area contributed by atoms with Gasteiger partial charge in [0.05, 0.1) is 24.4 Å². The van der Waals surface area contributed by atoms with E-state index in [1.165, 1.54) is 33.1 Å². The van der Waals surface area contributed by atoms with Crippen LogP contribution in [-0.2, 0) is 34.3 Å². The first-order valence-corrected chi connectivity index (χ1v) is 11.8. The van der Waals surface area contributed by atoms with Gasteiger partial charge in [0.25, 0.3) is 5.56 Å². The Morgan fingerprint density at radius 2 is 1.94 bits per heavy atom. The molecule has 0 radical (unpaired) electrons. The second-order valence-electron chi connectivity index (χ2n) is 7.95. The molecule has 2 heterocycles. The molecule has 1 aliphatic rings. The molecule has 1 amide bonds. The van der Waals surface area contributed by atoms with Crippen LogP contribution in [0, 0.1) is 5.82 Å². The second kappa shape index (κ2) is 9.35. The molecule has 0 saturated heterocycles. The number of benzene rings is 1. The van der Waals surface area contributed by atoms with Crippen LogP contribution in [0.2, 0.25) is 0 Å². The number of amides is 1. The van der Waals surface area contributed by atoms with E-state index in [1.54, 1.807) is 19.0 Å². The minimum absolute atomic E-state index is 0.0444. The summed E-state index contributed by atoms with van der Waals surface area (Å²) in [5.41, 5.74) is -0.164. The van der Waals surface area contributed by atoms with Crippen molar-refractivity contribution in [2.45, 2.75) is 25.6 Å². The smallest absolute Gasteiger partial charge is 0.296 e. The number of hydrogen-bond acceptors (Lipinski definition) is 7. The summed E-state index contributed by atoms with van der Waals surface area (Å²) in [6.45, 7) is 0.515. The highest BCUT2D eigenvalue weighted by molar-refractivity contribution is 7.88. The van der Waals surface area contributed by atoms with Crippen molar-refractivity contribution in [1.82, 2.24) is 24.1 Å². The van der Waals surface area contributed by atoms with Gasteiger partial charge in [-0.25, -0.2) is 17.8 Å². The molecule has 0 bridgehead atoms. The fraction of sp³-hybridized carbons (Fsp3) is 0.450. The summed E-state index contributed by atoms with van der Waals surface area (Å²) in [5.74, 6) is -1.35. The molecule has 1 atom stereocenters. The standard InChI is InChI=1S/C20H26FN5O5S/c1-24(2)12-16-19-23-15(10-17(27)22-11-13-4-6-14(21)7-5-13)18(28)20(29)25(19)8-9-26(16)32(3,30)31/h4-7,16,28H,8-12H2,1-3H3,(H,22,27). The molecule has 0 saturated carbocycles. The van der Waals surface area contributed by atoms with Crippen LogP contribution >= 0.6 is 0 Å². The molecule has 3 rings (SSSR count). The van der Waals surface area contributed by atoms with Gasteiger partial charge >= 0.3 is 0 Å². The molecule has 0 fully saturated rings. The van der Waals surface area contributed by atoms with E-state index in [0.717, 1.165) is 6.26 Å². The Balaban J connectivity index is 1.88. The van der Waals surface area contributed by atoms with Crippen LogP contribution in [0.4, 0.5) is 4.39 Å². The molecule has 1 aromatic carbocycles. The third kappa shape index (κ3) is 5.31. The topological polar surface area (TPSA) is 125 Å². The number of nitrogens with one attached hydrogen (secondary N) is 1. The van der Waals surface area contributed by atoms with Gasteiger partial charge in [0.2, 0.25) is 21.7 Å². The maximum Gasteiger partial charge on any atom is 0.296 e. The molecule has 1 aromatic heterocycles. The number of hydrogen-bond donors (Lipinski definition) is 2. The maximum absolute atomic E-state index is 13.0. The van der Waals surface area contributed by atoms with Gasteiger partial charge in [-0.3, -0.25) is 14.2 Å². The number of aromatic nitrogens is 2. The fourth-order valence-electron chi connectivity index (χ4n) is 3.62. The first kappa shape index (κ1) is 23.8. The molecule has 0 aliphatic carbocycles. The van der Waals surface area contributed by atoms with Crippen LogP contribution < -0.4 is 10.9 Å². The second-order valence-corrected chi connectivity index (χ2v) is 9.89. The van der Waals surface area contributed by atoms with E-state index < -0.39 is 33.3 Å². The van der Waals surface area contributed by atoms with Gasteiger partial charge in [0, 0.05) is 26.2 Å². The van der Waals surface area contributed by atoms with Gasteiger partial charge in [0.1, 0.15) is 11.6 Å². The van der Waals surface area contributed by atoms with Gasteiger partial charge in [-0.05, 0) is 31.8 Å². The molecule has 2 aromatic rings. The van der Waals surface area contributed by atoms with Crippen molar-refractivity contribution < 1.29 is 22.7 Å². The highest BCUT2D eigenvalue weighted by atomic mass is 32.2. The molecule has 0 spiro atoms. The van der Waals surface area contributed by atoms with Crippen molar-refractivity contribution in [3.05, 3.63) is 57.5 Å². The maximum atomic E-state index is 13.0. The summed E-state index contributed by atoms with van der Waals surface area (Å²) in [5, 5.41) is 13.0. The fourth-order valence-corrected chi connectivity index (χ4v) is 4.65. The van der Waals surface area contributed by atoms with E-state index in [1.807, 2.05) is 0 Å². The summed E-state index contributed by atoms with van der Waals surface area (Å²) < 4.78 is 40.1. The molecule has 32 heavy (non-hydrogen) atoms. The number of sulfonamides is 1. The highest BCUT2D eigenvalue weighted by Crippen LogP contribution is 2.27. The van der Waals surface area contributed by atoms with Crippen molar-refractivity contribution in [2.75, 3.05) is 33.4 Å². The van der Waals surface area contributed by atoms with Crippen LogP contribution in [0.1, 0.15) is 23.1 Å². The van der Waals surface area contributed by atoms with Crippen molar-refractivity contribution in [2.24, 2.45) is 0 Å². The number of rotatable bonds is 7. The predicted octanol–water partition coefficient (Wildman–Crippen LogP) is -0.175. The van der Waals surface area contributed by atoms with E-state index in [-0.39, 0.29) is 49.9 Å². The Labute approximate surface area is 185 Å². The van der Waals surface area contributed by atoms with Gasteiger partial charge in [-0.2, -0.15) is 4.31 Å². The molecular formula is C20H26FN5O5S.